The molecular weight excluding hydrogens is 340 g/mol. The van der Waals surface area contributed by atoms with Gasteiger partial charge in [-0.3, -0.25) is 0 Å². The van der Waals surface area contributed by atoms with Crippen molar-refractivity contribution in [1.82, 2.24) is 19.9 Å². The normalized spacial score (nSPS) is 31.6. The van der Waals surface area contributed by atoms with Crippen molar-refractivity contribution in [3.05, 3.63) is 47.2 Å². The van der Waals surface area contributed by atoms with E-state index in [0.717, 1.165) is 16.0 Å². The maximum absolute atomic E-state index is 11.1. The summed E-state index contributed by atoms with van der Waals surface area (Å²) in [7, 11) is 0. The number of fused-ring (bicyclic) bond motifs is 3. The molecule has 4 heterocycles. The molecule has 25 heavy (non-hydrogen) atoms. The maximum atomic E-state index is 11.1. The molecule has 0 aliphatic carbocycles. The summed E-state index contributed by atoms with van der Waals surface area (Å²) in [6, 6.07) is 7.29. The van der Waals surface area contributed by atoms with E-state index in [0.29, 0.717) is 13.2 Å². The third-order valence-electron chi connectivity index (χ3n) is 4.91. The lowest BCUT2D eigenvalue weighted by molar-refractivity contribution is -0.164. The summed E-state index contributed by atoms with van der Waals surface area (Å²) in [6.07, 6.45) is 2.26. The van der Waals surface area contributed by atoms with Gasteiger partial charge in [-0.25, -0.2) is 9.97 Å². The van der Waals surface area contributed by atoms with E-state index < -0.39 is 12.4 Å². The molecule has 0 spiro atoms. The molecule has 0 radical (unpaired) electrons. The Labute approximate surface area is 148 Å². The van der Waals surface area contributed by atoms with Crippen molar-refractivity contribution in [2.75, 3.05) is 6.61 Å². The standard InChI is InChI=1S/C17H18N4O3S/c22-16-14(19-7-13-18-5-6-25-13)12-8-23-17(24-12)15(16)21-9-20-10-3-1-2-4-11(10)21/h1-6,9,12,14-17,19,22H,7-8H2/t12-,14-,15-,16+,17-/m1/s1. The van der Waals surface area contributed by atoms with Crippen LogP contribution in [0.4, 0.5) is 0 Å². The molecular formula is C17H18N4O3S. The van der Waals surface area contributed by atoms with Crippen LogP contribution in [0.15, 0.2) is 42.2 Å². The Balaban J connectivity index is 1.45. The van der Waals surface area contributed by atoms with E-state index in [9.17, 15) is 5.11 Å². The second kappa shape index (κ2) is 6.15. The summed E-state index contributed by atoms with van der Waals surface area (Å²) in [4.78, 5) is 8.72. The first-order valence-corrected chi connectivity index (χ1v) is 9.18. The summed E-state index contributed by atoms with van der Waals surface area (Å²) in [6.45, 7) is 1.07. The number of ether oxygens (including phenoxy) is 2. The Morgan fingerprint density at radius 2 is 2.24 bits per heavy atom. The molecule has 2 aromatic heterocycles. The minimum absolute atomic E-state index is 0.161. The fraction of sp³-hybridized carbons (Fsp3) is 0.412. The lowest BCUT2D eigenvalue weighted by atomic mass is 9.95. The van der Waals surface area contributed by atoms with E-state index in [-0.39, 0.29) is 18.2 Å². The summed E-state index contributed by atoms with van der Waals surface area (Å²) >= 11 is 1.59. The molecule has 2 saturated heterocycles. The maximum Gasteiger partial charge on any atom is 0.181 e. The smallest absolute Gasteiger partial charge is 0.181 e. The van der Waals surface area contributed by atoms with Crippen LogP contribution in [0.2, 0.25) is 0 Å². The lowest BCUT2D eigenvalue weighted by Gasteiger charge is -2.39. The second-order valence-corrected chi connectivity index (χ2v) is 7.31. The van der Waals surface area contributed by atoms with Crippen molar-refractivity contribution in [3.63, 3.8) is 0 Å². The number of thiazole rings is 1. The summed E-state index contributed by atoms with van der Waals surface area (Å²) < 4.78 is 13.8. The number of nitrogens with one attached hydrogen (secondary N) is 1. The minimum Gasteiger partial charge on any atom is -0.389 e. The van der Waals surface area contributed by atoms with Crippen LogP contribution in [0.25, 0.3) is 11.0 Å². The van der Waals surface area contributed by atoms with E-state index in [1.54, 1.807) is 23.9 Å². The number of aliphatic hydroxyl groups excluding tert-OH is 1. The zero-order valence-electron chi connectivity index (χ0n) is 13.4. The molecule has 2 aliphatic heterocycles. The molecule has 5 atom stereocenters. The van der Waals surface area contributed by atoms with Crippen molar-refractivity contribution < 1.29 is 14.6 Å². The van der Waals surface area contributed by atoms with Gasteiger partial charge in [-0.05, 0) is 12.1 Å². The molecule has 3 aromatic rings. The van der Waals surface area contributed by atoms with E-state index in [4.69, 9.17) is 9.47 Å². The number of aliphatic hydroxyl groups is 1. The van der Waals surface area contributed by atoms with Crippen molar-refractivity contribution in [3.8, 4) is 0 Å². The van der Waals surface area contributed by atoms with E-state index in [1.165, 1.54) is 0 Å². The average molecular weight is 358 g/mol. The third-order valence-corrected chi connectivity index (χ3v) is 5.69. The van der Waals surface area contributed by atoms with Gasteiger partial charge in [0.15, 0.2) is 6.29 Å². The van der Waals surface area contributed by atoms with E-state index in [2.05, 4.69) is 15.3 Å². The van der Waals surface area contributed by atoms with Gasteiger partial charge in [0.05, 0.1) is 36.1 Å². The molecule has 7 nitrogen and oxygen atoms in total. The van der Waals surface area contributed by atoms with E-state index >= 15 is 0 Å². The third kappa shape index (κ3) is 2.57. The van der Waals surface area contributed by atoms with Crippen LogP contribution < -0.4 is 5.32 Å². The monoisotopic (exact) mass is 358 g/mol. The van der Waals surface area contributed by atoms with Gasteiger partial charge >= 0.3 is 0 Å². The van der Waals surface area contributed by atoms with Crippen molar-refractivity contribution >= 4 is 22.4 Å². The molecule has 5 rings (SSSR count). The van der Waals surface area contributed by atoms with Crippen molar-refractivity contribution in [1.29, 1.82) is 0 Å². The zero-order chi connectivity index (χ0) is 16.8. The minimum atomic E-state index is -0.649. The topological polar surface area (TPSA) is 81.4 Å². The summed E-state index contributed by atoms with van der Waals surface area (Å²) in [5, 5.41) is 17.4. The first-order chi connectivity index (χ1) is 12.3. The molecule has 2 fully saturated rings. The number of benzene rings is 1. The van der Waals surface area contributed by atoms with Crippen LogP contribution in [0.3, 0.4) is 0 Å². The van der Waals surface area contributed by atoms with Gasteiger partial charge in [0.25, 0.3) is 0 Å². The molecule has 2 bridgehead atoms. The van der Waals surface area contributed by atoms with Crippen molar-refractivity contribution in [2.24, 2.45) is 0 Å². The fourth-order valence-electron chi connectivity index (χ4n) is 3.71. The fourth-order valence-corrected chi connectivity index (χ4v) is 4.28. The molecule has 130 valence electrons. The Morgan fingerprint density at radius 3 is 3.12 bits per heavy atom. The Morgan fingerprint density at radius 1 is 1.32 bits per heavy atom. The van der Waals surface area contributed by atoms with Gasteiger partial charge in [0.1, 0.15) is 17.2 Å². The molecule has 8 heteroatoms. The number of para-hydroxylation sites is 2. The van der Waals surface area contributed by atoms with Crippen molar-refractivity contribution in [2.45, 2.75) is 37.1 Å². The Hall–Kier alpha value is -1.84. The molecule has 2 aliphatic rings. The number of nitrogens with zero attached hydrogens (tertiary/aromatic N) is 3. The molecule has 2 N–H and O–H groups in total. The second-order valence-electron chi connectivity index (χ2n) is 6.33. The number of hydrogen-bond donors (Lipinski definition) is 2. The zero-order valence-corrected chi connectivity index (χ0v) is 14.2. The predicted octanol–water partition coefficient (Wildman–Crippen LogP) is 1.31. The quantitative estimate of drug-likeness (QED) is 0.732. The van der Waals surface area contributed by atoms with Gasteiger partial charge < -0.3 is 24.5 Å². The molecule has 0 amide bonds. The van der Waals surface area contributed by atoms with Crippen LogP contribution in [0.5, 0.6) is 0 Å². The molecule has 0 unspecified atom stereocenters. The molecule has 1 aromatic carbocycles. The van der Waals surface area contributed by atoms with Crippen LogP contribution in [0, 0.1) is 0 Å². The number of aromatic nitrogens is 3. The highest BCUT2D eigenvalue weighted by atomic mass is 32.1. The van der Waals surface area contributed by atoms with Gasteiger partial charge in [0.2, 0.25) is 0 Å². The highest BCUT2D eigenvalue weighted by Crippen LogP contribution is 2.37. The van der Waals surface area contributed by atoms with Gasteiger partial charge in [-0.2, -0.15) is 0 Å². The van der Waals surface area contributed by atoms with Gasteiger partial charge in [-0.15, -0.1) is 11.3 Å². The molecule has 0 saturated carbocycles. The number of rotatable bonds is 4. The Bertz CT molecular complexity index is 868. The summed E-state index contributed by atoms with van der Waals surface area (Å²) in [5.41, 5.74) is 1.85. The van der Waals surface area contributed by atoms with Gasteiger partial charge in [0, 0.05) is 18.1 Å². The van der Waals surface area contributed by atoms with Crippen LogP contribution in [-0.4, -0.2) is 50.8 Å². The lowest BCUT2D eigenvalue weighted by Crippen LogP contribution is -2.57. The Kier molecular flexibility index (Phi) is 3.79. The number of imidazole rings is 1. The first kappa shape index (κ1) is 15.4. The SMILES string of the molecule is O[C@H]1[C@H](NCc2nccs2)[C@H]2CO[C@H](O2)[C@@H]1n1cnc2ccccc21. The van der Waals surface area contributed by atoms with Crippen LogP contribution in [0.1, 0.15) is 11.0 Å². The highest BCUT2D eigenvalue weighted by molar-refractivity contribution is 7.09. The highest BCUT2D eigenvalue weighted by Gasteiger charge is 2.51. The van der Waals surface area contributed by atoms with E-state index in [1.807, 2.05) is 34.2 Å². The number of hydrogen-bond acceptors (Lipinski definition) is 7. The van der Waals surface area contributed by atoms with Crippen LogP contribution >= 0.6 is 11.3 Å². The average Bonchev–Trinajstić information content (AvgIpc) is 3.36. The van der Waals surface area contributed by atoms with Gasteiger partial charge in [-0.1, -0.05) is 12.1 Å². The first-order valence-electron chi connectivity index (χ1n) is 8.30. The largest absolute Gasteiger partial charge is 0.389 e. The van der Waals surface area contributed by atoms with Crippen LogP contribution in [-0.2, 0) is 16.0 Å². The summed E-state index contributed by atoms with van der Waals surface area (Å²) in [5.74, 6) is 0. The predicted molar refractivity (Wildman–Crippen MR) is 92.1 cm³/mol.